The van der Waals surface area contributed by atoms with Gasteiger partial charge < -0.3 is 4.90 Å². The molecule has 3 rings (SSSR count). The van der Waals surface area contributed by atoms with Crippen molar-refractivity contribution < 1.29 is 14.6 Å². The van der Waals surface area contributed by atoms with Crippen LogP contribution in [0, 0.1) is 27.2 Å². The van der Waals surface area contributed by atoms with Gasteiger partial charge in [0.1, 0.15) is 5.37 Å². The number of nitro benzene ring substituents is 2. The fraction of sp³-hybridized carbons (Fsp3) is 0.235. The van der Waals surface area contributed by atoms with E-state index >= 15 is 0 Å². The zero-order valence-electron chi connectivity index (χ0n) is 13.8. The molecule has 2 aromatic carbocycles. The van der Waals surface area contributed by atoms with Crippen LogP contribution in [0.3, 0.4) is 0 Å². The van der Waals surface area contributed by atoms with Crippen LogP contribution in [0.25, 0.3) is 0 Å². The second-order valence-corrected chi connectivity index (χ2v) is 7.07. The second-order valence-electron chi connectivity index (χ2n) is 5.88. The van der Waals surface area contributed by atoms with Crippen molar-refractivity contribution in [1.29, 1.82) is 0 Å². The van der Waals surface area contributed by atoms with Crippen LogP contribution in [0.5, 0.6) is 0 Å². The van der Waals surface area contributed by atoms with Crippen molar-refractivity contribution >= 4 is 29.0 Å². The number of hydrogen-bond acceptors (Lipinski definition) is 6. The molecule has 0 spiro atoms. The topological polar surface area (TPSA) is 107 Å². The molecule has 0 radical (unpaired) electrons. The number of thioether (sulfide) groups is 1. The highest BCUT2D eigenvalue weighted by Crippen LogP contribution is 2.39. The Morgan fingerprint density at radius 2 is 1.65 bits per heavy atom. The van der Waals surface area contributed by atoms with Crippen molar-refractivity contribution in [3.8, 4) is 0 Å². The maximum atomic E-state index is 12.9. The molecule has 0 saturated carbocycles. The smallest absolute Gasteiger partial charge is 0.277 e. The third-order valence-electron chi connectivity index (χ3n) is 4.09. The van der Waals surface area contributed by atoms with E-state index < -0.39 is 27.1 Å². The first kappa shape index (κ1) is 17.9. The SMILES string of the molecule is Cc1ccc([C@@H]2SCCN2C(=O)c2cc([N+](=O)[O-])cc([N+](=O)[O-])c2)cc1. The average Bonchev–Trinajstić information content (AvgIpc) is 3.10. The van der Waals surface area contributed by atoms with Gasteiger partial charge in [0.25, 0.3) is 17.3 Å². The van der Waals surface area contributed by atoms with Gasteiger partial charge in [0.2, 0.25) is 0 Å². The number of carbonyl (C=O) groups excluding carboxylic acids is 1. The van der Waals surface area contributed by atoms with Crippen LogP contribution in [0.1, 0.15) is 26.9 Å². The molecule has 1 fully saturated rings. The Labute approximate surface area is 153 Å². The number of non-ortho nitro benzene ring substituents is 2. The van der Waals surface area contributed by atoms with Crippen LogP contribution in [0.2, 0.25) is 0 Å². The zero-order chi connectivity index (χ0) is 18.8. The summed E-state index contributed by atoms with van der Waals surface area (Å²) in [5, 5.41) is 21.9. The Morgan fingerprint density at radius 3 is 2.19 bits per heavy atom. The molecule has 26 heavy (non-hydrogen) atoms. The van der Waals surface area contributed by atoms with E-state index in [0.29, 0.717) is 6.54 Å². The lowest BCUT2D eigenvalue weighted by Gasteiger charge is -2.24. The molecule has 1 saturated heterocycles. The van der Waals surface area contributed by atoms with Crippen molar-refractivity contribution in [1.82, 2.24) is 4.90 Å². The van der Waals surface area contributed by atoms with Gasteiger partial charge in [0.05, 0.1) is 21.5 Å². The predicted octanol–water partition coefficient (Wildman–Crippen LogP) is 3.70. The highest BCUT2D eigenvalue weighted by Gasteiger charge is 2.32. The van der Waals surface area contributed by atoms with Gasteiger partial charge in [-0.05, 0) is 12.5 Å². The van der Waals surface area contributed by atoms with E-state index in [2.05, 4.69) is 0 Å². The standard InChI is InChI=1S/C17H15N3O5S/c1-11-2-4-12(5-3-11)17-18(6-7-26-17)16(21)13-8-14(19(22)23)10-15(9-13)20(24)25/h2-5,8-10,17H,6-7H2,1H3/t17-/m0/s1. The van der Waals surface area contributed by atoms with Crippen LogP contribution in [0.4, 0.5) is 11.4 Å². The summed E-state index contributed by atoms with van der Waals surface area (Å²) in [6.45, 7) is 2.44. The quantitative estimate of drug-likeness (QED) is 0.597. The van der Waals surface area contributed by atoms with E-state index in [1.54, 1.807) is 16.7 Å². The average molecular weight is 373 g/mol. The van der Waals surface area contributed by atoms with E-state index in [9.17, 15) is 25.0 Å². The molecule has 0 aliphatic carbocycles. The molecule has 2 aromatic rings. The summed E-state index contributed by atoms with van der Waals surface area (Å²) in [5.74, 6) is 0.272. The molecule has 0 aromatic heterocycles. The largest absolute Gasteiger partial charge is 0.322 e. The van der Waals surface area contributed by atoms with E-state index in [1.807, 2.05) is 31.2 Å². The van der Waals surface area contributed by atoms with Crippen molar-refractivity contribution in [2.45, 2.75) is 12.3 Å². The van der Waals surface area contributed by atoms with Crippen LogP contribution in [-0.4, -0.2) is 33.0 Å². The third-order valence-corrected chi connectivity index (χ3v) is 5.35. The van der Waals surface area contributed by atoms with E-state index in [4.69, 9.17) is 0 Å². The third kappa shape index (κ3) is 3.52. The lowest BCUT2D eigenvalue weighted by atomic mass is 10.1. The summed E-state index contributed by atoms with van der Waals surface area (Å²) in [5.41, 5.74) is 1.06. The lowest BCUT2D eigenvalue weighted by Crippen LogP contribution is -2.30. The van der Waals surface area contributed by atoms with Gasteiger partial charge in [0, 0.05) is 24.4 Å². The molecule has 1 atom stereocenters. The summed E-state index contributed by atoms with van der Waals surface area (Å²) >= 11 is 1.59. The first-order valence-corrected chi connectivity index (χ1v) is 8.84. The lowest BCUT2D eigenvalue weighted by molar-refractivity contribution is -0.394. The van der Waals surface area contributed by atoms with Crippen molar-refractivity contribution in [2.24, 2.45) is 0 Å². The Bertz CT molecular complexity index is 852. The molecule has 134 valence electrons. The van der Waals surface area contributed by atoms with E-state index in [1.165, 1.54) is 0 Å². The summed E-state index contributed by atoms with van der Waals surface area (Å²) in [7, 11) is 0. The number of nitrogens with zero attached hydrogens (tertiary/aromatic N) is 3. The molecule has 1 aliphatic heterocycles. The predicted molar refractivity (Wildman–Crippen MR) is 97.2 cm³/mol. The Morgan fingerprint density at radius 1 is 1.08 bits per heavy atom. The van der Waals surface area contributed by atoms with Gasteiger partial charge >= 0.3 is 0 Å². The number of nitro groups is 2. The highest BCUT2D eigenvalue weighted by atomic mass is 32.2. The molecule has 1 heterocycles. The first-order valence-electron chi connectivity index (χ1n) is 7.80. The maximum absolute atomic E-state index is 12.9. The summed E-state index contributed by atoms with van der Waals surface area (Å²) in [6.07, 6.45) is 0. The monoisotopic (exact) mass is 373 g/mol. The molecule has 8 nitrogen and oxygen atoms in total. The molecule has 0 N–H and O–H groups in total. The van der Waals surface area contributed by atoms with Crippen LogP contribution in [0.15, 0.2) is 42.5 Å². The van der Waals surface area contributed by atoms with Gasteiger partial charge in [0.15, 0.2) is 0 Å². The zero-order valence-corrected chi connectivity index (χ0v) is 14.6. The maximum Gasteiger partial charge on any atom is 0.277 e. The van der Waals surface area contributed by atoms with E-state index in [-0.39, 0.29) is 10.9 Å². The minimum atomic E-state index is -0.736. The number of carbonyl (C=O) groups is 1. The fourth-order valence-electron chi connectivity index (χ4n) is 2.78. The number of amides is 1. The molecule has 1 aliphatic rings. The Balaban J connectivity index is 1.96. The molecule has 1 amide bonds. The van der Waals surface area contributed by atoms with Crippen LogP contribution < -0.4 is 0 Å². The Kier molecular flexibility index (Phi) is 4.90. The van der Waals surface area contributed by atoms with Gasteiger partial charge in [-0.3, -0.25) is 25.0 Å². The van der Waals surface area contributed by atoms with Gasteiger partial charge in [-0.2, -0.15) is 0 Å². The minimum Gasteiger partial charge on any atom is -0.322 e. The molecular weight excluding hydrogens is 358 g/mol. The fourth-order valence-corrected chi connectivity index (χ4v) is 4.04. The van der Waals surface area contributed by atoms with Gasteiger partial charge in [-0.25, -0.2) is 0 Å². The number of benzene rings is 2. The second kappa shape index (κ2) is 7.12. The van der Waals surface area contributed by atoms with Crippen LogP contribution in [-0.2, 0) is 0 Å². The highest BCUT2D eigenvalue weighted by molar-refractivity contribution is 7.99. The van der Waals surface area contributed by atoms with Crippen molar-refractivity contribution in [3.63, 3.8) is 0 Å². The number of aryl methyl sites for hydroxylation is 1. The normalized spacial score (nSPS) is 16.5. The van der Waals surface area contributed by atoms with Crippen molar-refractivity contribution in [2.75, 3.05) is 12.3 Å². The minimum absolute atomic E-state index is 0.0505. The van der Waals surface area contributed by atoms with Crippen molar-refractivity contribution in [3.05, 3.63) is 79.4 Å². The molecule has 0 bridgehead atoms. The summed E-state index contributed by atoms with van der Waals surface area (Å²) in [6, 6.07) is 10.8. The summed E-state index contributed by atoms with van der Waals surface area (Å²) < 4.78 is 0. The number of hydrogen-bond donors (Lipinski definition) is 0. The molecule has 9 heteroatoms. The van der Waals surface area contributed by atoms with E-state index in [0.717, 1.165) is 35.1 Å². The van der Waals surface area contributed by atoms with Gasteiger partial charge in [-0.1, -0.05) is 29.8 Å². The molecule has 0 unspecified atom stereocenters. The van der Waals surface area contributed by atoms with Gasteiger partial charge in [-0.15, -0.1) is 11.8 Å². The first-order chi connectivity index (χ1) is 12.4. The summed E-state index contributed by atoms with van der Waals surface area (Å²) in [4.78, 5) is 35.1. The van der Waals surface area contributed by atoms with Crippen LogP contribution >= 0.6 is 11.8 Å². The number of rotatable bonds is 4. The Hall–Kier alpha value is -2.94. The molecular formula is C17H15N3O5S.